The molecule has 8 nitrogen and oxygen atoms in total. The van der Waals surface area contributed by atoms with E-state index in [4.69, 9.17) is 18.9 Å². The molecule has 7 aromatic carbocycles. The molecule has 0 aliphatic rings. The molecule has 0 N–H and O–H groups in total. The van der Waals surface area contributed by atoms with Crippen molar-refractivity contribution in [1.82, 2.24) is 0 Å². The summed E-state index contributed by atoms with van der Waals surface area (Å²) in [6.07, 6.45) is 28.8. The van der Waals surface area contributed by atoms with E-state index in [-0.39, 0.29) is 34.1 Å². The van der Waals surface area contributed by atoms with Crippen LogP contribution in [0.4, 0.5) is 0 Å². The molecule has 0 bridgehead atoms. The molecule has 0 radical (unpaired) electrons. The lowest BCUT2D eigenvalue weighted by molar-refractivity contribution is 0.0722. The third-order valence-electron chi connectivity index (χ3n) is 14.9. The van der Waals surface area contributed by atoms with Gasteiger partial charge in [0.25, 0.3) is 0 Å². The highest BCUT2D eigenvalue weighted by atomic mass is 16.6. The second-order valence-corrected chi connectivity index (χ2v) is 21.4. The summed E-state index contributed by atoms with van der Waals surface area (Å²) < 4.78 is 22.8. The fourth-order valence-corrected chi connectivity index (χ4v) is 10.1. The number of ether oxygens (including phenoxy) is 4. The van der Waals surface area contributed by atoms with Crippen molar-refractivity contribution in [1.29, 1.82) is 0 Å². The number of esters is 4. The third kappa shape index (κ3) is 19.4. The maximum absolute atomic E-state index is 13.4. The monoisotopic (exact) mass is 1070 g/mol. The number of hydrogen-bond acceptors (Lipinski definition) is 8. The van der Waals surface area contributed by atoms with Crippen molar-refractivity contribution in [2.75, 3.05) is 0 Å². The van der Waals surface area contributed by atoms with Gasteiger partial charge < -0.3 is 18.9 Å². The average Bonchev–Trinajstić information content (AvgIpc) is 3.47. The van der Waals surface area contributed by atoms with Gasteiger partial charge in [0.15, 0.2) is 0 Å². The number of hydrogen-bond donors (Lipinski definition) is 0. The maximum Gasteiger partial charge on any atom is 0.343 e. The summed E-state index contributed by atoms with van der Waals surface area (Å²) in [7, 11) is 0. The molecule has 7 aromatic rings. The Hall–Kier alpha value is -7.58. The zero-order valence-electron chi connectivity index (χ0n) is 47.8. The molecule has 0 heterocycles. The predicted octanol–water partition coefficient (Wildman–Crippen LogP) is 19.4. The molecule has 0 atom stereocenters. The van der Waals surface area contributed by atoms with Gasteiger partial charge in [-0.3, -0.25) is 0 Å². The minimum Gasteiger partial charge on any atom is -0.423 e. The zero-order chi connectivity index (χ0) is 56.3. The van der Waals surface area contributed by atoms with Gasteiger partial charge in [-0.05, 0) is 157 Å². The lowest BCUT2D eigenvalue weighted by Crippen LogP contribution is -2.13. The Kier molecular flexibility index (Phi) is 24.4. The number of rotatable bonds is 32. The summed E-state index contributed by atoms with van der Waals surface area (Å²) >= 11 is 0. The number of aryl methyl sites for hydroxylation is 4. The second kappa shape index (κ2) is 32.5. The van der Waals surface area contributed by atoms with Crippen LogP contribution in [0.25, 0.3) is 22.3 Å². The van der Waals surface area contributed by atoms with Crippen LogP contribution in [0.1, 0.15) is 206 Å². The Labute approximate surface area is 476 Å². The Morgan fingerprint density at radius 3 is 0.912 bits per heavy atom. The summed E-state index contributed by atoms with van der Waals surface area (Å²) in [5.74, 6) is -1.39. The van der Waals surface area contributed by atoms with E-state index in [1.165, 1.54) is 146 Å². The van der Waals surface area contributed by atoms with Crippen LogP contribution in [0.2, 0.25) is 0 Å². The van der Waals surface area contributed by atoms with E-state index in [9.17, 15) is 19.2 Å². The van der Waals surface area contributed by atoms with Gasteiger partial charge in [0.05, 0.1) is 22.3 Å². The normalized spacial score (nSPS) is 11.1. The number of carbonyl (C=O) groups excluding carboxylic acids is 4. The van der Waals surface area contributed by atoms with E-state index < -0.39 is 23.9 Å². The Morgan fingerprint density at radius 1 is 0.300 bits per heavy atom. The minimum atomic E-state index is -0.636. The molecule has 80 heavy (non-hydrogen) atoms. The quantitative estimate of drug-likeness (QED) is 0.0233. The van der Waals surface area contributed by atoms with E-state index >= 15 is 0 Å². The molecule has 0 amide bonds. The van der Waals surface area contributed by atoms with Crippen LogP contribution in [0, 0.1) is 13.8 Å². The van der Waals surface area contributed by atoms with Gasteiger partial charge in [-0.2, -0.15) is 0 Å². The van der Waals surface area contributed by atoms with Crippen LogP contribution in [-0.4, -0.2) is 23.9 Å². The molecule has 0 unspecified atom stereocenters. The molecule has 0 saturated carbocycles. The highest BCUT2D eigenvalue weighted by Gasteiger charge is 2.19. The molecule has 8 heteroatoms. The van der Waals surface area contributed by atoms with Gasteiger partial charge in [-0.25, -0.2) is 19.2 Å². The molecule has 418 valence electrons. The van der Waals surface area contributed by atoms with Gasteiger partial charge in [0.2, 0.25) is 0 Å². The fourth-order valence-electron chi connectivity index (χ4n) is 10.1. The maximum atomic E-state index is 13.4. The second-order valence-electron chi connectivity index (χ2n) is 21.4. The molecular weight excluding hydrogens is 993 g/mol. The molecule has 0 aliphatic heterocycles. The van der Waals surface area contributed by atoms with E-state index in [2.05, 4.69) is 62.4 Å². The van der Waals surface area contributed by atoms with Crippen molar-refractivity contribution in [2.24, 2.45) is 0 Å². The van der Waals surface area contributed by atoms with Crippen molar-refractivity contribution in [3.63, 3.8) is 0 Å². The standard InChI is InChI=1S/C72H82O8/c1-5-7-9-11-13-15-17-19-21-23-26-55-30-34-57(35-31-55)59-38-42-61(43-39-59)69(73)77-65-46-48-67(53(3)50-65)71(75)79-63-28-25-29-64(52-63)80-72(76)68-49-47-66(51-54(68)4)78-70(74)62-44-40-60(41-45-62)58-36-32-56(33-37-58)27-24-22-20-18-16-14-12-10-8-6-2/h25,28-52H,5-24,26-27H2,1-4H3. The van der Waals surface area contributed by atoms with Crippen molar-refractivity contribution in [3.8, 4) is 45.3 Å². The van der Waals surface area contributed by atoms with Crippen LogP contribution in [0.3, 0.4) is 0 Å². The predicted molar refractivity (Wildman–Crippen MR) is 323 cm³/mol. The molecule has 0 fully saturated rings. The van der Waals surface area contributed by atoms with Gasteiger partial charge in [0, 0.05) is 6.07 Å². The molecule has 0 aliphatic carbocycles. The first kappa shape index (κ1) is 60.1. The third-order valence-corrected chi connectivity index (χ3v) is 14.9. The summed E-state index contributed by atoms with van der Waals surface area (Å²) in [5, 5.41) is 0. The Bertz CT molecular complexity index is 2840. The number of benzene rings is 7. The number of unbranched alkanes of at least 4 members (excludes halogenated alkanes) is 18. The average molecular weight is 1080 g/mol. The van der Waals surface area contributed by atoms with E-state index in [0.717, 1.165) is 35.1 Å². The van der Waals surface area contributed by atoms with Crippen LogP contribution in [-0.2, 0) is 12.8 Å². The van der Waals surface area contributed by atoms with Gasteiger partial charge >= 0.3 is 23.9 Å². The SMILES string of the molecule is CCCCCCCCCCCCc1ccc(-c2ccc(C(=O)Oc3ccc(C(=O)Oc4cccc(OC(=O)c5ccc(OC(=O)c6ccc(-c7ccc(CCCCCCCCCCCC)cc7)cc6)cc5C)c4)c(C)c3)cc2)cc1. The first-order valence-electron chi connectivity index (χ1n) is 29.7. The van der Waals surface area contributed by atoms with Crippen LogP contribution >= 0.6 is 0 Å². The molecule has 7 rings (SSSR count). The summed E-state index contributed by atoms with van der Waals surface area (Å²) in [6.45, 7) is 7.99. The lowest BCUT2D eigenvalue weighted by atomic mass is 10.00. The van der Waals surface area contributed by atoms with Crippen molar-refractivity contribution >= 4 is 23.9 Å². The van der Waals surface area contributed by atoms with Crippen LogP contribution < -0.4 is 18.9 Å². The first-order chi connectivity index (χ1) is 39.1. The van der Waals surface area contributed by atoms with Crippen molar-refractivity contribution < 1.29 is 38.1 Å². The van der Waals surface area contributed by atoms with E-state index in [1.54, 1.807) is 92.7 Å². The molecule has 0 spiro atoms. The summed E-state index contributed by atoms with van der Waals surface area (Å²) in [5.41, 5.74) is 9.34. The van der Waals surface area contributed by atoms with Gasteiger partial charge in [-0.1, -0.05) is 208 Å². The minimum absolute atomic E-state index is 0.165. The molecule has 0 saturated heterocycles. The summed E-state index contributed by atoms with van der Waals surface area (Å²) in [4.78, 5) is 53.1. The zero-order valence-corrected chi connectivity index (χ0v) is 47.8. The van der Waals surface area contributed by atoms with Crippen LogP contribution in [0.5, 0.6) is 23.0 Å². The first-order valence-corrected chi connectivity index (χ1v) is 29.7. The van der Waals surface area contributed by atoms with E-state index in [0.29, 0.717) is 22.3 Å². The molecule has 0 aromatic heterocycles. The van der Waals surface area contributed by atoms with Gasteiger partial charge in [-0.15, -0.1) is 0 Å². The largest absolute Gasteiger partial charge is 0.423 e. The smallest absolute Gasteiger partial charge is 0.343 e. The van der Waals surface area contributed by atoms with E-state index in [1.807, 2.05) is 24.3 Å². The number of carbonyl (C=O) groups is 4. The molecular formula is C72H82O8. The van der Waals surface area contributed by atoms with Crippen molar-refractivity contribution in [3.05, 3.63) is 202 Å². The van der Waals surface area contributed by atoms with Crippen LogP contribution in [0.15, 0.2) is 158 Å². The highest BCUT2D eigenvalue weighted by Crippen LogP contribution is 2.28. The highest BCUT2D eigenvalue weighted by molar-refractivity contribution is 5.95. The fraction of sp³-hybridized carbons (Fsp3) is 0.361. The Morgan fingerprint density at radius 2 is 0.588 bits per heavy atom. The lowest BCUT2D eigenvalue weighted by Gasteiger charge is -2.11. The summed E-state index contributed by atoms with van der Waals surface area (Å²) in [6, 6.07) is 47.7. The Balaban J connectivity index is 0.821. The van der Waals surface area contributed by atoms with Gasteiger partial charge in [0.1, 0.15) is 23.0 Å². The topological polar surface area (TPSA) is 105 Å². The van der Waals surface area contributed by atoms with Crippen molar-refractivity contribution in [2.45, 2.75) is 169 Å².